The molecular formula is C15H19ClN2O3. The van der Waals surface area contributed by atoms with E-state index < -0.39 is 0 Å². The number of aryl methyl sites for hydroxylation is 1. The van der Waals surface area contributed by atoms with Crippen LogP contribution in [0.3, 0.4) is 0 Å². The van der Waals surface area contributed by atoms with Gasteiger partial charge >= 0.3 is 0 Å². The van der Waals surface area contributed by atoms with Gasteiger partial charge in [0.1, 0.15) is 12.3 Å². The molecule has 1 saturated carbocycles. The number of anilines is 1. The number of carbonyl (C=O) groups is 2. The van der Waals surface area contributed by atoms with Crippen LogP contribution in [-0.2, 0) is 9.59 Å². The molecule has 0 aromatic heterocycles. The molecule has 2 rings (SSSR count). The Bertz CT molecular complexity index is 570. The van der Waals surface area contributed by atoms with Gasteiger partial charge in [-0.1, -0.05) is 11.6 Å². The number of nitrogens with zero attached hydrogens (tertiary/aromatic N) is 1. The fourth-order valence-electron chi connectivity index (χ4n) is 2.16. The number of nitrogens with one attached hydrogen (secondary N) is 1. The zero-order valence-corrected chi connectivity index (χ0v) is 13.2. The van der Waals surface area contributed by atoms with Crippen LogP contribution in [0, 0.1) is 6.92 Å². The molecule has 0 heterocycles. The molecule has 1 aliphatic rings. The molecule has 6 heteroatoms. The molecule has 1 aliphatic carbocycles. The fraction of sp³-hybridized carbons (Fsp3) is 0.467. The summed E-state index contributed by atoms with van der Waals surface area (Å²) in [6.07, 6.45) is 1.94. The van der Waals surface area contributed by atoms with Gasteiger partial charge in [-0.2, -0.15) is 0 Å². The summed E-state index contributed by atoms with van der Waals surface area (Å²) in [4.78, 5) is 25.3. The van der Waals surface area contributed by atoms with Gasteiger partial charge in [0, 0.05) is 24.1 Å². The molecular weight excluding hydrogens is 292 g/mol. The number of methoxy groups -OCH3 is 1. The van der Waals surface area contributed by atoms with Crippen molar-refractivity contribution in [1.29, 1.82) is 0 Å². The van der Waals surface area contributed by atoms with Crippen molar-refractivity contribution in [3.63, 3.8) is 0 Å². The quantitative estimate of drug-likeness (QED) is 0.909. The molecule has 0 spiro atoms. The Labute approximate surface area is 129 Å². The minimum atomic E-state index is -0.239. The summed E-state index contributed by atoms with van der Waals surface area (Å²) in [5, 5.41) is 3.36. The van der Waals surface area contributed by atoms with E-state index in [-0.39, 0.29) is 24.4 Å². The van der Waals surface area contributed by atoms with Crippen LogP contribution in [0.2, 0.25) is 5.02 Å². The van der Waals surface area contributed by atoms with Crippen LogP contribution in [0.25, 0.3) is 0 Å². The molecule has 0 aliphatic heterocycles. The SMILES string of the molecule is COc1cc(Cl)c(C)cc1NC(=O)CN(C(C)=O)C1CC1. The first-order valence-corrected chi connectivity index (χ1v) is 7.21. The third-order valence-electron chi connectivity index (χ3n) is 3.46. The van der Waals surface area contributed by atoms with Gasteiger partial charge in [0.15, 0.2) is 0 Å². The molecule has 1 fully saturated rings. The van der Waals surface area contributed by atoms with E-state index in [9.17, 15) is 9.59 Å². The number of ether oxygens (including phenoxy) is 1. The third-order valence-corrected chi connectivity index (χ3v) is 3.87. The molecule has 0 bridgehead atoms. The van der Waals surface area contributed by atoms with Crippen molar-refractivity contribution in [2.45, 2.75) is 32.7 Å². The topological polar surface area (TPSA) is 58.6 Å². The number of benzene rings is 1. The zero-order chi connectivity index (χ0) is 15.6. The zero-order valence-electron chi connectivity index (χ0n) is 12.4. The van der Waals surface area contributed by atoms with E-state index in [1.54, 1.807) is 17.0 Å². The van der Waals surface area contributed by atoms with Crippen molar-refractivity contribution >= 4 is 29.1 Å². The summed E-state index contributed by atoms with van der Waals surface area (Å²) in [6.45, 7) is 3.40. The van der Waals surface area contributed by atoms with Crippen LogP contribution in [0.1, 0.15) is 25.3 Å². The lowest BCUT2D eigenvalue weighted by molar-refractivity contribution is -0.133. The van der Waals surface area contributed by atoms with Crippen molar-refractivity contribution in [3.8, 4) is 5.75 Å². The summed E-state index contributed by atoms with van der Waals surface area (Å²) in [6, 6.07) is 3.63. The smallest absolute Gasteiger partial charge is 0.244 e. The molecule has 114 valence electrons. The van der Waals surface area contributed by atoms with E-state index >= 15 is 0 Å². The summed E-state index contributed by atoms with van der Waals surface area (Å²) >= 11 is 6.03. The van der Waals surface area contributed by atoms with Crippen LogP contribution in [0.15, 0.2) is 12.1 Å². The fourth-order valence-corrected chi connectivity index (χ4v) is 2.31. The molecule has 0 radical (unpaired) electrons. The van der Waals surface area contributed by atoms with E-state index in [4.69, 9.17) is 16.3 Å². The van der Waals surface area contributed by atoms with Crippen LogP contribution >= 0.6 is 11.6 Å². The molecule has 2 amide bonds. The third kappa shape index (κ3) is 3.88. The lowest BCUT2D eigenvalue weighted by atomic mass is 10.2. The van der Waals surface area contributed by atoms with Gasteiger partial charge in [-0.25, -0.2) is 0 Å². The highest BCUT2D eigenvalue weighted by molar-refractivity contribution is 6.31. The van der Waals surface area contributed by atoms with Crippen molar-refractivity contribution < 1.29 is 14.3 Å². The number of hydrogen-bond acceptors (Lipinski definition) is 3. The lowest BCUT2D eigenvalue weighted by Gasteiger charge is -2.20. The molecule has 0 atom stereocenters. The average molecular weight is 311 g/mol. The Morgan fingerprint density at radius 2 is 2.10 bits per heavy atom. The monoisotopic (exact) mass is 310 g/mol. The lowest BCUT2D eigenvalue weighted by Crippen LogP contribution is -2.38. The van der Waals surface area contributed by atoms with Gasteiger partial charge in [-0.05, 0) is 31.4 Å². The van der Waals surface area contributed by atoms with Gasteiger partial charge in [0.25, 0.3) is 0 Å². The van der Waals surface area contributed by atoms with E-state index in [1.165, 1.54) is 14.0 Å². The predicted octanol–water partition coefficient (Wildman–Crippen LogP) is 2.61. The van der Waals surface area contributed by atoms with Gasteiger partial charge in [0.05, 0.1) is 12.8 Å². The predicted molar refractivity (Wildman–Crippen MR) is 81.8 cm³/mol. The number of rotatable bonds is 5. The first kappa shape index (κ1) is 15.6. The van der Waals surface area contributed by atoms with E-state index in [1.807, 2.05) is 6.92 Å². The second-order valence-corrected chi connectivity index (χ2v) is 5.64. The highest BCUT2D eigenvalue weighted by Gasteiger charge is 2.32. The number of halogens is 1. The Morgan fingerprint density at radius 1 is 1.43 bits per heavy atom. The molecule has 1 N–H and O–H groups in total. The highest BCUT2D eigenvalue weighted by Crippen LogP contribution is 2.31. The Morgan fingerprint density at radius 3 is 2.62 bits per heavy atom. The molecule has 0 saturated heterocycles. The Balaban J connectivity index is 2.08. The standard InChI is InChI=1S/C15H19ClN2O3/c1-9-6-13(14(21-3)7-12(9)16)17-15(20)8-18(10(2)19)11-4-5-11/h6-7,11H,4-5,8H2,1-3H3,(H,17,20). The van der Waals surface area contributed by atoms with E-state index in [0.717, 1.165) is 18.4 Å². The molecule has 1 aromatic rings. The van der Waals surface area contributed by atoms with Crippen LogP contribution in [0.4, 0.5) is 5.69 Å². The Hall–Kier alpha value is -1.75. The van der Waals surface area contributed by atoms with Crippen LogP contribution < -0.4 is 10.1 Å². The largest absolute Gasteiger partial charge is 0.495 e. The normalized spacial score (nSPS) is 13.7. The van der Waals surface area contributed by atoms with Crippen molar-refractivity contribution in [1.82, 2.24) is 4.90 Å². The van der Waals surface area contributed by atoms with Gasteiger partial charge in [-0.15, -0.1) is 0 Å². The second-order valence-electron chi connectivity index (χ2n) is 5.23. The number of carbonyl (C=O) groups excluding carboxylic acids is 2. The summed E-state index contributed by atoms with van der Waals surface area (Å²) in [5.41, 5.74) is 1.40. The number of amides is 2. The maximum absolute atomic E-state index is 12.1. The summed E-state index contributed by atoms with van der Waals surface area (Å²) in [5.74, 6) is 0.184. The van der Waals surface area contributed by atoms with Crippen molar-refractivity contribution in [2.24, 2.45) is 0 Å². The van der Waals surface area contributed by atoms with Crippen LogP contribution in [0.5, 0.6) is 5.75 Å². The maximum atomic E-state index is 12.1. The van der Waals surface area contributed by atoms with E-state index in [2.05, 4.69) is 5.32 Å². The first-order valence-electron chi connectivity index (χ1n) is 6.83. The van der Waals surface area contributed by atoms with Crippen molar-refractivity contribution in [2.75, 3.05) is 19.0 Å². The van der Waals surface area contributed by atoms with Gasteiger partial charge < -0.3 is 15.0 Å². The highest BCUT2D eigenvalue weighted by atomic mass is 35.5. The van der Waals surface area contributed by atoms with Crippen LogP contribution in [-0.4, -0.2) is 36.4 Å². The molecule has 1 aromatic carbocycles. The average Bonchev–Trinajstić information content (AvgIpc) is 3.24. The minimum absolute atomic E-state index is 0.0603. The molecule has 5 nitrogen and oxygen atoms in total. The molecule has 0 unspecified atom stereocenters. The summed E-state index contributed by atoms with van der Waals surface area (Å²) in [7, 11) is 1.52. The van der Waals surface area contributed by atoms with Crippen molar-refractivity contribution in [3.05, 3.63) is 22.7 Å². The van der Waals surface area contributed by atoms with Gasteiger partial charge in [0.2, 0.25) is 11.8 Å². The van der Waals surface area contributed by atoms with Gasteiger partial charge in [-0.3, -0.25) is 9.59 Å². The number of hydrogen-bond donors (Lipinski definition) is 1. The Kier molecular flexibility index (Phi) is 4.73. The maximum Gasteiger partial charge on any atom is 0.244 e. The minimum Gasteiger partial charge on any atom is -0.495 e. The first-order chi connectivity index (χ1) is 9.92. The molecule has 21 heavy (non-hydrogen) atoms. The second kappa shape index (κ2) is 6.35. The summed E-state index contributed by atoms with van der Waals surface area (Å²) < 4.78 is 5.21. The van der Waals surface area contributed by atoms with E-state index in [0.29, 0.717) is 16.5 Å².